The van der Waals surface area contributed by atoms with E-state index in [0.717, 1.165) is 4.47 Å². The van der Waals surface area contributed by atoms with E-state index < -0.39 is 41.7 Å². The van der Waals surface area contributed by atoms with Gasteiger partial charge in [0.05, 0.1) is 6.42 Å². The van der Waals surface area contributed by atoms with Gasteiger partial charge in [0, 0.05) is 11.0 Å². The fourth-order valence-corrected chi connectivity index (χ4v) is 1.99. The Kier molecular flexibility index (Phi) is 5.08. The average Bonchev–Trinajstić information content (AvgIpc) is 2.49. The number of alkyl carbamates (subject to hydrolysis) is 1. The molecule has 0 aliphatic heterocycles. The van der Waals surface area contributed by atoms with E-state index in [1.807, 2.05) is 0 Å². The maximum absolute atomic E-state index is 13.4. The summed E-state index contributed by atoms with van der Waals surface area (Å²) in [6.07, 6.45) is -3.14. The minimum absolute atomic E-state index is 0.0782. The number of nitrogens with one attached hydrogen (secondary N) is 1. The molecule has 1 amide bonds. The highest BCUT2D eigenvalue weighted by atomic mass is 79.9. The molecule has 0 saturated heterocycles. The molecule has 0 radical (unpaired) electrons. The fraction of sp³-hybridized carbons (Fsp3) is 0.214. The monoisotopic (exact) mass is 397 g/mol. The summed E-state index contributed by atoms with van der Waals surface area (Å²) in [5.74, 6) is -12.2. The van der Waals surface area contributed by atoms with Gasteiger partial charge in [0.1, 0.15) is 5.83 Å². The van der Waals surface area contributed by atoms with Crippen molar-refractivity contribution >= 4 is 22.0 Å². The highest BCUT2D eigenvalue weighted by Gasteiger charge is 2.46. The van der Waals surface area contributed by atoms with Crippen LogP contribution in [0.3, 0.4) is 0 Å². The van der Waals surface area contributed by atoms with Gasteiger partial charge in [-0.3, -0.25) is 0 Å². The average molecular weight is 398 g/mol. The Bertz CT molecular complexity index is 685. The second-order valence-electron chi connectivity index (χ2n) is 4.61. The maximum Gasteiger partial charge on any atom is 0.413 e. The molecule has 1 aromatic rings. The lowest BCUT2D eigenvalue weighted by Crippen LogP contribution is -2.28. The minimum atomic E-state index is -4.26. The van der Waals surface area contributed by atoms with Crippen LogP contribution in [0.4, 0.5) is 26.7 Å². The van der Waals surface area contributed by atoms with Gasteiger partial charge in [-0.1, -0.05) is 28.1 Å². The fourth-order valence-electron chi connectivity index (χ4n) is 1.73. The summed E-state index contributed by atoms with van der Waals surface area (Å²) in [6.45, 7) is -0.0782. The molecule has 124 valence electrons. The Hall–Kier alpha value is -1.90. The summed E-state index contributed by atoms with van der Waals surface area (Å²) in [5, 5.41) is 2.12. The first-order chi connectivity index (χ1) is 10.7. The van der Waals surface area contributed by atoms with E-state index in [1.54, 1.807) is 24.3 Å². The first-order valence-electron chi connectivity index (χ1n) is 6.23. The molecule has 1 aliphatic carbocycles. The van der Waals surface area contributed by atoms with Crippen LogP contribution >= 0.6 is 15.9 Å². The first kappa shape index (κ1) is 17.5. The van der Waals surface area contributed by atoms with Gasteiger partial charge < -0.3 is 10.1 Å². The first-order valence-corrected chi connectivity index (χ1v) is 7.02. The molecule has 1 aromatic carbocycles. The topological polar surface area (TPSA) is 38.3 Å². The van der Waals surface area contributed by atoms with Crippen molar-refractivity contribution in [2.45, 2.75) is 18.9 Å². The Morgan fingerprint density at radius 3 is 2.43 bits per heavy atom. The van der Waals surface area contributed by atoms with E-state index in [1.165, 1.54) is 0 Å². The van der Waals surface area contributed by atoms with Crippen LogP contribution in [0.2, 0.25) is 0 Å². The third kappa shape index (κ3) is 4.10. The van der Waals surface area contributed by atoms with E-state index in [-0.39, 0.29) is 6.54 Å². The van der Waals surface area contributed by atoms with Crippen LogP contribution in [0, 0.1) is 0 Å². The number of hydrogen-bond acceptors (Lipinski definition) is 2. The van der Waals surface area contributed by atoms with Crippen molar-refractivity contribution in [3.8, 4) is 0 Å². The Labute approximate surface area is 135 Å². The lowest BCUT2D eigenvalue weighted by atomic mass is 10.1. The van der Waals surface area contributed by atoms with Crippen LogP contribution in [0.25, 0.3) is 0 Å². The molecule has 9 heteroatoms. The van der Waals surface area contributed by atoms with E-state index >= 15 is 0 Å². The molecule has 2 rings (SSSR count). The summed E-state index contributed by atoms with van der Waals surface area (Å²) >= 11 is 3.21. The van der Waals surface area contributed by atoms with E-state index in [9.17, 15) is 26.7 Å². The van der Waals surface area contributed by atoms with Gasteiger partial charge in [-0.15, -0.1) is 0 Å². The molecular formula is C14H9BrF5NO2. The molecule has 0 saturated carbocycles. The van der Waals surface area contributed by atoms with Gasteiger partial charge >= 0.3 is 12.0 Å². The zero-order valence-corrected chi connectivity index (χ0v) is 12.9. The molecule has 0 fully saturated rings. The van der Waals surface area contributed by atoms with Crippen molar-refractivity contribution in [3.05, 3.63) is 57.5 Å². The zero-order chi connectivity index (χ0) is 17.2. The van der Waals surface area contributed by atoms with Gasteiger partial charge in [0.25, 0.3) is 0 Å². The van der Waals surface area contributed by atoms with Crippen molar-refractivity contribution in [2.75, 3.05) is 0 Å². The standard InChI is InChI=1S/C14H9BrF5NO2/c15-8-3-1-7(2-4-8)6-21-13(22)23-11-10(17)9(16)5-14(19,20)12(11)18/h1-4H,5-6H2,(H,21,22). The van der Waals surface area contributed by atoms with Crippen LogP contribution in [-0.2, 0) is 11.3 Å². The van der Waals surface area contributed by atoms with Gasteiger partial charge in [-0.2, -0.15) is 13.2 Å². The quantitative estimate of drug-likeness (QED) is 0.725. The predicted octanol–water partition coefficient (Wildman–Crippen LogP) is 5.05. The van der Waals surface area contributed by atoms with Crippen molar-refractivity contribution < 1.29 is 31.5 Å². The number of halogens is 6. The molecule has 0 atom stereocenters. The van der Waals surface area contributed by atoms with Gasteiger partial charge in [-0.25, -0.2) is 13.6 Å². The van der Waals surface area contributed by atoms with Crippen LogP contribution in [0.15, 0.2) is 52.0 Å². The molecule has 1 N–H and O–H groups in total. The second-order valence-corrected chi connectivity index (χ2v) is 5.53. The van der Waals surface area contributed by atoms with Crippen molar-refractivity contribution in [1.29, 1.82) is 0 Å². The number of rotatable bonds is 3. The molecular weight excluding hydrogens is 389 g/mol. The summed E-state index contributed by atoms with van der Waals surface area (Å²) in [7, 11) is 0. The van der Waals surface area contributed by atoms with Crippen LogP contribution in [0.1, 0.15) is 12.0 Å². The molecule has 1 aliphatic rings. The molecule has 0 aromatic heterocycles. The molecule has 0 unspecified atom stereocenters. The van der Waals surface area contributed by atoms with E-state index in [4.69, 9.17) is 0 Å². The number of amides is 1. The molecule has 3 nitrogen and oxygen atoms in total. The number of carbonyl (C=O) groups excluding carboxylic acids is 1. The van der Waals surface area contributed by atoms with Crippen LogP contribution in [-0.4, -0.2) is 12.0 Å². The van der Waals surface area contributed by atoms with E-state index in [2.05, 4.69) is 26.0 Å². The predicted molar refractivity (Wildman–Crippen MR) is 74.4 cm³/mol. The van der Waals surface area contributed by atoms with Gasteiger partial charge in [0.2, 0.25) is 11.6 Å². The van der Waals surface area contributed by atoms with Gasteiger partial charge in [-0.05, 0) is 17.7 Å². The SMILES string of the molecule is O=C(NCc1ccc(Br)cc1)OC1=C(F)C(F)(F)CC(F)=C1F. The maximum atomic E-state index is 13.4. The summed E-state index contributed by atoms with van der Waals surface area (Å²) in [5.41, 5.74) is 0.621. The van der Waals surface area contributed by atoms with E-state index in [0.29, 0.717) is 5.56 Å². The minimum Gasteiger partial charge on any atom is -0.404 e. The Balaban J connectivity index is 2.05. The van der Waals surface area contributed by atoms with Crippen LogP contribution in [0.5, 0.6) is 0 Å². The molecule has 0 spiro atoms. The number of alkyl halides is 2. The zero-order valence-electron chi connectivity index (χ0n) is 11.3. The number of benzene rings is 1. The third-order valence-electron chi connectivity index (χ3n) is 2.88. The van der Waals surface area contributed by atoms with Crippen molar-refractivity contribution in [3.63, 3.8) is 0 Å². The number of carbonyl (C=O) groups is 1. The summed E-state index contributed by atoms with van der Waals surface area (Å²) in [6, 6.07) is 6.65. The lowest BCUT2D eigenvalue weighted by molar-refractivity contribution is 0.00107. The molecule has 0 bridgehead atoms. The normalized spacial score (nSPS) is 17.3. The smallest absolute Gasteiger partial charge is 0.404 e. The number of hydrogen-bond donors (Lipinski definition) is 1. The Morgan fingerprint density at radius 1 is 1.22 bits per heavy atom. The third-order valence-corrected chi connectivity index (χ3v) is 3.41. The highest BCUT2D eigenvalue weighted by molar-refractivity contribution is 9.10. The second kappa shape index (κ2) is 6.69. The van der Waals surface area contributed by atoms with Crippen molar-refractivity contribution in [1.82, 2.24) is 5.32 Å². The number of ether oxygens (including phenoxy) is 1. The van der Waals surface area contributed by atoms with Gasteiger partial charge in [0.15, 0.2) is 5.83 Å². The van der Waals surface area contributed by atoms with Crippen molar-refractivity contribution in [2.24, 2.45) is 0 Å². The van der Waals surface area contributed by atoms with Crippen LogP contribution < -0.4 is 5.32 Å². The Morgan fingerprint density at radius 2 is 1.83 bits per heavy atom. The lowest BCUT2D eigenvalue weighted by Gasteiger charge is -2.21. The largest absolute Gasteiger partial charge is 0.413 e. The summed E-state index contributed by atoms with van der Waals surface area (Å²) < 4.78 is 71.0. The molecule has 0 heterocycles. The number of allylic oxidation sites excluding steroid dienone is 3. The highest BCUT2D eigenvalue weighted by Crippen LogP contribution is 2.43. The summed E-state index contributed by atoms with van der Waals surface area (Å²) in [4.78, 5) is 11.5. The molecule has 23 heavy (non-hydrogen) atoms.